The number of hydrogen-bond acceptors (Lipinski definition) is 1. The third-order valence-electron chi connectivity index (χ3n) is 3.59. The molecule has 0 saturated heterocycles. The molecule has 0 N–H and O–H groups in total. The molecule has 2 aromatic rings. The van der Waals surface area contributed by atoms with E-state index in [1.807, 2.05) is 19.1 Å². The third kappa shape index (κ3) is 5.82. The fraction of sp³-hybridized carbons (Fsp3) is 0.263. The molecule has 0 bridgehead atoms. The highest BCUT2D eigenvalue weighted by atomic mass is 19.4. The van der Waals surface area contributed by atoms with Gasteiger partial charge in [-0.15, -0.1) is 13.2 Å². The van der Waals surface area contributed by atoms with Gasteiger partial charge in [0.15, 0.2) is 0 Å². The molecule has 1 nitrogen and oxygen atoms in total. The molecule has 146 valence electrons. The molecular formula is C19H15F7O. The van der Waals surface area contributed by atoms with E-state index in [0.29, 0.717) is 17.7 Å². The Bertz CT molecular complexity index is 785. The van der Waals surface area contributed by atoms with E-state index in [2.05, 4.69) is 4.74 Å². The van der Waals surface area contributed by atoms with E-state index < -0.39 is 29.7 Å². The van der Waals surface area contributed by atoms with Crippen LogP contribution in [0.25, 0.3) is 12.2 Å². The molecule has 0 radical (unpaired) electrons. The molecule has 0 spiro atoms. The number of alkyl halides is 5. The fourth-order valence-corrected chi connectivity index (χ4v) is 2.44. The Labute approximate surface area is 151 Å². The van der Waals surface area contributed by atoms with Crippen LogP contribution in [0.3, 0.4) is 0 Å². The van der Waals surface area contributed by atoms with Crippen LogP contribution < -0.4 is 0 Å². The first kappa shape index (κ1) is 21.0. The van der Waals surface area contributed by atoms with Gasteiger partial charge in [0, 0.05) is 0 Å². The van der Waals surface area contributed by atoms with Gasteiger partial charge in [0.05, 0.1) is 0 Å². The third-order valence-corrected chi connectivity index (χ3v) is 3.59. The first-order valence-corrected chi connectivity index (χ1v) is 7.93. The van der Waals surface area contributed by atoms with Crippen LogP contribution in [-0.4, -0.2) is 6.36 Å². The topological polar surface area (TPSA) is 9.23 Å². The van der Waals surface area contributed by atoms with E-state index in [9.17, 15) is 30.7 Å². The fourth-order valence-electron chi connectivity index (χ4n) is 2.44. The van der Waals surface area contributed by atoms with E-state index in [0.717, 1.165) is 18.4 Å². The lowest BCUT2D eigenvalue weighted by molar-refractivity contribution is -0.432. The highest BCUT2D eigenvalue weighted by molar-refractivity contribution is 5.70. The molecular weight excluding hydrogens is 377 g/mol. The van der Waals surface area contributed by atoms with Crippen molar-refractivity contribution in [3.05, 3.63) is 70.3 Å². The maximum absolute atomic E-state index is 13.8. The summed E-state index contributed by atoms with van der Waals surface area (Å²) >= 11 is 0. The van der Waals surface area contributed by atoms with Gasteiger partial charge in [-0.3, -0.25) is 0 Å². The van der Waals surface area contributed by atoms with Crippen molar-refractivity contribution in [2.45, 2.75) is 32.2 Å². The van der Waals surface area contributed by atoms with Crippen molar-refractivity contribution in [3.63, 3.8) is 0 Å². The molecule has 8 heteroatoms. The summed E-state index contributed by atoms with van der Waals surface area (Å²) in [6, 6.07) is 8.31. The number of hydrogen-bond donors (Lipinski definition) is 0. The summed E-state index contributed by atoms with van der Waals surface area (Å²) in [6.45, 7) is 2.03. The molecule has 2 rings (SSSR count). The molecule has 27 heavy (non-hydrogen) atoms. The molecule has 0 aliphatic carbocycles. The number of rotatable bonds is 6. The minimum Gasteiger partial charge on any atom is -0.222 e. The van der Waals surface area contributed by atoms with Crippen molar-refractivity contribution in [2.75, 3.05) is 0 Å². The summed E-state index contributed by atoms with van der Waals surface area (Å²) in [5, 5.41) is 0. The second-order valence-corrected chi connectivity index (χ2v) is 5.75. The van der Waals surface area contributed by atoms with Gasteiger partial charge in [0.25, 0.3) is 0 Å². The number of ether oxygens (including phenoxy) is 1. The van der Waals surface area contributed by atoms with Gasteiger partial charge in [0.2, 0.25) is 0 Å². The molecule has 0 aromatic heterocycles. The van der Waals surface area contributed by atoms with Crippen LogP contribution in [0.4, 0.5) is 30.7 Å². The van der Waals surface area contributed by atoms with E-state index in [1.54, 1.807) is 12.1 Å². The van der Waals surface area contributed by atoms with Gasteiger partial charge < -0.3 is 0 Å². The molecule has 0 heterocycles. The lowest BCUT2D eigenvalue weighted by Gasteiger charge is -2.19. The Morgan fingerprint density at radius 3 is 1.85 bits per heavy atom. The summed E-state index contributed by atoms with van der Waals surface area (Å²) in [4.78, 5) is 0. The van der Waals surface area contributed by atoms with Crippen molar-refractivity contribution in [3.8, 4) is 0 Å². The summed E-state index contributed by atoms with van der Waals surface area (Å²) < 4.78 is 93.1. The highest BCUT2D eigenvalue weighted by Crippen LogP contribution is 2.39. The predicted octanol–water partition coefficient (Wildman–Crippen LogP) is 6.67. The number of halogens is 7. The van der Waals surface area contributed by atoms with Gasteiger partial charge in [-0.05, 0) is 35.2 Å². The zero-order valence-corrected chi connectivity index (χ0v) is 14.1. The molecule has 0 fully saturated rings. The molecule has 0 unspecified atom stereocenters. The molecule has 0 atom stereocenters. The molecule has 0 aliphatic heterocycles. The van der Waals surface area contributed by atoms with Crippen molar-refractivity contribution in [1.82, 2.24) is 0 Å². The Hall–Kier alpha value is -2.35. The first-order valence-electron chi connectivity index (χ1n) is 7.93. The van der Waals surface area contributed by atoms with Crippen LogP contribution >= 0.6 is 0 Å². The van der Waals surface area contributed by atoms with Crippen LogP contribution in [0, 0.1) is 11.6 Å². The molecule has 0 amide bonds. The second kappa shape index (κ2) is 8.12. The van der Waals surface area contributed by atoms with Crippen LogP contribution in [0.15, 0.2) is 36.4 Å². The van der Waals surface area contributed by atoms with Crippen molar-refractivity contribution >= 4 is 12.2 Å². The van der Waals surface area contributed by atoms with Crippen molar-refractivity contribution in [2.24, 2.45) is 0 Å². The number of benzene rings is 2. The Morgan fingerprint density at radius 1 is 0.852 bits per heavy atom. The lowest BCUT2D eigenvalue weighted by Crippen LogP contribution is -2.29. The predicted molar refractivity (Wildman–Crippen MR) is 86.8 cm³/mol. The zero-order valence-electron chi connectivity index (χ0n) is 14.1. The Morgan fingerprint density at radius 2 is 1.37 bits per heavy atom. The minimum absolute atomic E-state index is 0.130. The quantitative estimate of drug-likeness (QED) is 0.394. The summed E-state index contributed by atoms with van der Waals surface area (Å²) in [6.07, 6.45) is -6.32. The van der Waals surface area contributed by atoms with Crippen molar-refractivity contribution < 1.29 is 35.5 Å². The molecule has 0 saturated carbocycles. The Balaban J connectivity index is 2.25. The van der Waals surface area contributed by atoms with Crippen LogP contribution in [-0.2, 0) is 17.3 Å². The van der Waals surface area contributed by atoms with Gasteiger partial charge in [0.1, 0.15) is 17.2 Å². The van der Waals surface area contributed by atoms with Crippen LogP contribution in [0.5, 0.6) is 0 Å². The smallest absolute Gasteiger partial charge is 0.222 e. The highest BCUT2D eigenvalue weighted by Gasteiger charge is 2.49. The molecule has 0 aliphatic rings. The normalized spacial score (nSPS) is 12.7. The van der Waals surface area contributed by atoms with Crippen LogP contribution in [0.2, 0.25) is 0 Å². The van der Waals surface area contributed by atoms with E-state index >= 15 is 0 Å². The second-order valence-electron chi connectivity index (χ2n) is 5.75. The van der Waals surface area contributed by atoms with Crippen molar-refractivity contribution in [1.29, 1.82) is 0 Å². The minimum atomic E-state index is -5.76. The maximum Gasteiger partial charge on any atom is 0.527 e. The van der Waals surface area contributed by atoms with E-state index in [-0.39, 0.29) is 5.56 Å². The SMILES string of the molecule is CCCc1ccc(/C=C/c2cc(F)c(C(F)(F)OC(F)(F)F)c(F)c2)cc1. The Kier molecular flexibility index (Phi) is 6.30. The first-order chi connectivity index (χ1) is 12.5. The average molecular weight is 392 g/mol. The summed E-state index contributed by atoms with van der Waals surface area (Å²) in [5.41, 5.74) is -0.413. The van der Waals surface area contributed by atoms with E-state index in [1.165, 1.54) is 12.2 Å². The average Bonchev–Trinajstić information content (AvgIpc) is 2.51. The zero-order chi connectivity index (χ0) is 20.2. The van der Waals surface area contributed by atoms with Gasteiger partial charge in [-0.25, -0.2) is 13.5 Å². The number of aryl methyl sites for hydroxylation is 1. The standard InChI is InChI=1S/C19H15F7O/c1-2-3-12-4-6-13(7-5-12)8-9-14-10-15(20)17(16(21)11-14)18(22,23)27-19(24,25)26/h4-11H,2-3H2,1H3/b9-8+. The largest absolute Gasteiger partial charge is 0.527 e. The van der Waals surface area contributed by atoms with Gasteiger partial charge in [-0.2, -0.15) is 8.78 Å². The summed E-state index contributed by atoms with van der Waals surface area (Å²) in [7, 11) is 0. The maximum atomic E-state index is 13.8. The molecule has 2 aromatic carbocycles. The van der Waals surface area contributed by atoms with Crippen LogP contribution in [0.1, 0.15) is 35.6 Å². The lowest BCUT2D eigenvalue weighted by atomic mass is 10.1. The van der Waals surface area contributed by atoms with E-state index in [4.69, 9.17) is 0 Å². The monoisotopic (exact) mass is 392 g/mol. The van der Waals surface area contributed by atoms with Gasteiger partial charge >= 0.3 is 12.5 Å². The summed E-state index contributed by atoms with van der Waals surface area (Å²) in [5.74, 6) is -3.69. The van der Waals surface area contributed by atoms with Gasteiger partial charge in [-0.1, -0.05) is 49.8 Å².